The lowest BCUT2D eigenvalue weighted by atomic mass is 9.96. The number of hydrogen-bond donors (Lipinski definition) is 2. The van der Waals surface area contributed by atoms with Gasteiger partial charge in [-0.25, -0.2) is 0 Å². The van der Waals surface area contributed by atoms with E-state index in [1.165, 1.54) is 0 Å². The lowest BCUT2D eigenvalue weighted by Gasteiger charge is -2.22. The summed E-state index contributed by atoms with van der Waals surface area (Å²) >= 11 is 5.92. The van der Waals surface area contributed by atoms with Crippen molar-refractivity contribution in [2.45, 2.75) is 26.8 Å². The Balaban J connectivity index is 1.94. The van der Waals surface area contributed by atoms with Crippen LogP contribution in [0.25, 0.3) is 0 Å². The standard InChI is InChI=1S/C16H20ClN3O2/c1-10(2)16(12-4-6-13(17)7-5-12)18-9-15(21)19-14-8-11(3)22-20-14/h4-8,10,16,18H,9H2,1-3H3,(H,19,20,21)/t16-/m0/s1. The van der Waals surface area contributed by atoms with Crippen molar-refractivity contribution >= 4 is 23.3 Å². The molecule has 1 amide bonds. The molecule has 118 valence electrons. The number of rotatable bonds is 6. The van der Waals surface area contributed by atoms with Crippen molar-refractivity contribution in [1.29, 1.82) is 0 Å². The number of anilines is 1. The molecule has 0 aliphatic heterocycles. The molecule has 1 heterocycles. The number of nitrogens with one attached hydrogen (secondary N) is 2. The van der Waals surface area contributed by atoms with Crippen LogP contribution < -0.4 is 10.6 Å². The fourth-order valence-corrected chi connectivity index (χ4v) is 2.35. The molecule has 0 spiro atoms. The first kappa shape index (κ1) is 16.5. The fourth-order valence-electron chi connectivity index (χ4n) is 2.22. The number of amides is 1. The van der Waals surface area contributed by atoms with Crippen LogP contribution in [0.4, 0.5) is 5.82 Å². The molecule has 5 nitrogen and oxygen atoms in total. The third kappa shape index (κ3) is 4.58. The van der Waals surface area contributed by atoms with Crippen molar-refractivity contribution in [3.05, 3.63) is 46.7 Å². The van der Waals surface area contributed by atoms with Gasteiger partial charge >= 0.3 is 0 Å². The molecule has 1 aromatic carbocycles. The van der Waals surface area contributed by atoms with Crippen LogP contribution in [0.2, 0.25) is 5.02 Å². The molecule has 2 aromatic rings. The Hall–Kier alpha value is -1.85. The van der Waals surface area contributed by atoms with Gasteiger partial charge < -0.3 is 15.2 Å². The normalized spacial score (nSPS) is 12.4. The van der Waals surface area contributed by atoms with E-state index in [1.807, 2.05) is 24.3 Å². The zero-order valence-corrected chi connectivity index (χ0v) is 13.6. The second-order valence-corrected chi connectivity index (χ2v) is 5.96. The summed E-state index contributed by atoms with van der Waals surface area (Å²) in [6, 6.07) is 9.40. The molecule has 0 aliphatic rings. The summed E-state index contributed by atoms with van der Waals surface area (Å²) in [5.41, 5.74) is 1.10. The van der Waals surface area contributed by atoms with Crippen LogP contribution in [0.15, 0.2) is 34.9 Å². The molecule has 0 unspecified atom stereocenters. The van der Waals surface area contributed by atoms with Crippen molar-refractivity contribution < 1.29 is 9.32 Å². The number of nitrogens with zero attached hydrogens (tertiary/aromatic N) is 1. The topological polar surface area (TPSA) is 67.2 Å². The van der Waals surface area contributed by atoms with E-state index in [2.05, 4.69) is 29.6 Å². The first-order valence-corrected chi connectivity index (χ1v) is 7.55. The van der Waals surface area contributed by atoms with E-state index >= 15 is 0 Å². The maximum atomic E-state index is 12.0. The van der Waals surface area contributed by atoms with Crippen LogP contribution in [-0.2, 0) is 4.79 Å². The summed E-state index contributed by atoms with van der Waals surface area (Å²) in [5.74, 6) is 1.26. The Morgan fingerprint density at radius 1 is 1.32 bits per heavy atom. The van der Waals surface area contributed by atoms with Crippen molar-refractivity contribution in [2.24, 2.45) is 5.92 Å². The molecule has 0 saturated carbocycles. The third-order valence-corrected chi connectivity index (χ3v) is 3.53. The zero-order valence-electron chi connectivity index (χ0n) is 12.9. The molecule has 0 fully saturated rings. The van der Waals surface area contributed by atoms with Gasteiger partial charge in [0.1, 0.15) is 5.76 Å². The van der Waals surface area contributed by atoms with Crippen LogP contribution in [0.1, 0.15) is 31.2 Å². The highest BCUT2D eigenvalue weighted by Crippen LogP contribution is 2.23. The van der Waals surface area contributed by atoms with Gasteiger partial charge in [0.05, 0.1) is 6.54 Å². The largest absolute Gasteiger partial charge is 0.360 e. The lowest BCUT2D eigenvalue weighted by molar-refractivity contribution is -0.115. The molecule has 0 saturated heterocycles. The van der Waals surface area contributed by atoms with Gasteiger partial charge in [0, 0.05) is 17.1 Å². The fraction of sp³-hybridized carbons (Fsp3) is 0.375. The summed E-state index contributed by atoms with van der Waals surface area (Å²) in [5, 5.41) is 10.4. The molecule has 6 heteroatoms. The maximum Gasteiger partial charge on any atom is 0.239 e. The zero-order chi connectivity index (χ0) is 16.1. The number of benzene rings is 1. The van der Waals surface area contributed by atoms with Gasteiger partial charge in [-0.05, 0) is 30.5 Å². The predicted molar refractivity (Wildman–Crippen MR) is 86.9 cm³/mol. The number of halogens is 1. The minimum absolute atomic E-state index is 0.0714. The van der Waals surface area contributed by atoms with Crippen molar-refractivity contribution in [3.63, 3.8) is 0 Å². The second kappa shape index (κ2) is 7.42. The molecule has 0 bridgehead atoms. The molecule has 2 N–H and O–H groups in total. The molecule has 1 atom stereocenters. The summed E-state index contributed by atoms with van der Waals surface area (Å²) in [6.45, 7) is 6.17. The van der Waals surface area contributed by atoms with Crippen molar-refractivity contribution in [1.82, 2.24) is 10.5 Å². The van der Waals surface area contributed by atoms with E-state index in [1.54, 1.807) is 13.0 Å². The van der Waals surface area contributed by atoms with Gasteiger partial charge in [0.15, 0.2) is 5.82 Å². The summed E-state index contributed by atoms with van der Waals surface area (Å²) < 4.78 is 4.91. The quantitative estimate of drug-likeness (QED) is 0.853. The summed E-state index contributed by atoms with van der Waals surface area (Å²) in [4.78, 5) is 12.0. The average Bonchev–Trinajstić information content (AvgIpc) is 2.86. The highest BCUT2D eigenvalue weighted by Gasteiger charge is 2.17. The van der Waals surface area contributed by atoms with Crippen molar-refractivity contribution in [3.8, 4) is 0 Å². The second-order valence-electron chi connectivity index (χ2n) is 5.53. The third-order valence-electron chi connectivity index (χ3n) is 3.27. The SMILES string of the molecule is Cc1cc(NC(=O)CN[C@H](c2ccc(Cl)cc2)C(C)C)no1. The van der Waals surface area contributed by atoms with E-state index in [0.717, 1.165) is 5.56 Å². The van der Waals surface area contributed by atoms with Gasteiger partial charge in [0.2, 0.25) is 5.91 Å². The number of carbonyl (C=O) groups is 1. The van der Waals surface area contributed by atoms with Gasteiger partial charge in [0.25, 0.3) is 0 Å². The van der Waals surface area contributed by atoms with Crippen molar-refractivity contribution in [2.75, 3.05) is 11.9 Å². The van der Waals surface area contributed by atoms with Gasteiger partial charge in [-0.2, -0.15) is 0 Å². The first-order valence-electron chi connectivity index (χ1n) is 7.17. The first-order chi connectivity index (χ1) is 10.5. The van der Waals surface area contributed by atoms with E-state index < -0.39 is 0 Å². The number of carbonyl (C=O) groups excluding carboxylic acids is 1. The molecule has 2 rings (SSSR count). The molecular formula is C16H20ClN3O2. The minimum Gasteiger partial charge on any atom is -0.360 e. The Kier molecular flexibility index (Phi) is 5.57. The van der Waals surface area contributed by atoms with Gasteiger partial charge in [-0.15, -0.1) is 0 Å². The van der Waals surface area contributed by atoms with Crippen LogP contribution in [0.3, 0.4) is 0 Å². The molecular weight excluding hydrogens is 302 g/mol. The van der Waals surface area contributed by atoms with E-state index in [0.29, 0.717) is 22.5 Å². The number of hydrogen-bond acceptors (Lipinski definition) is 4. The molecule has 0 radical (unpaired) electrons. The Bertz CT molecular complexity index is 623. The van der Waals surface area contributed by atoms with Crippen LogP contribution in [0, 0.1) is 12.8 Å². The summed E-state index contributed by atoms with van der Waals surface area (Å²) in [6.07, 6.45) is 0. The predicted octanol–water partition coefficient (Wildman–Crippen LogP) is 3.56. The van der Waals surface area contributed by atoms with Crippen LogP contribution >= 0.6 is 11.6 Å². The smallest absolute Gasteiger partial charge is 0.239 e. The minimum atomic E-state index is -0.159. The van der Waals surface area contributed by atoms with E-state index in [-0.39, 0.29) is 18.5 Å². The average molecular weight is 322 g/mol. The number of aryl methyl sites for hydroxylation is 1. The highest BCUT2D eigenvalue weighted by atomic mass is 35.5. The molecule has 22 heavy (non-hydrogen) atoms. The van der Waals surface area contributed by atoms with Crippen LogP contribution in [0.5, 0.6) is 0 Å². The number of aromatic nitrogens is 1. The summed E-state index contributed by atoms with van der Waals surface area (Å²) in [7, 11) is 0. The van der Waals surface area contributed by atoms with Gasteiger partial charge in [-0.1, -0.05) is 42.7 Å². The van der Waals surface area contributed by atoms with E-state index in [9.17, 15) is 4.79 Å². The molecule has 0 aliphatic carbocycles. The Morgan fingerprint density at radius 3 is 2.55 bits per heavy atom. The highest BCUT2D eigenvalue weighted by molar-refractivity contribution is 6.30. The Labute approximate surface area is 135 Å². The van der Waals surface area contributed by atoms with E-state index in [4.69, 9.17) is 16.1 Å². The van der Waals surface area contributed by atoms with Crippen LogP contribution in [-0.4, -0.2) is 17.6 Å². The maximum absolute atomic E-state index is 12.0. The Morgan fingerprint density at radius 2 is 2.00 bits per heavy atom. The molecule has 1 aromatic heterocycles. The van der Waals surface area contributed by atoms with Gasteiger partial charge in [-0.3, -0.25) is 4.79 Å². The lowest BCUT2D eigenvalue weighted by Crippen LogP contribution is -2.33. The monoisotopic (exact) mass is 321 g/mol.